The molecule has 0 saturated heterocycles. The van der Waals surface area contributed by atoms with Crippen LogP contribution in [0.3, 0.4) is 0 Å². The highest BCUT2D eigenvalue weighted by molar-refractivity contribution is 6.31. The summed E-state index contributed by atoms with van der Waals surface area (Å²) in [5.74, 6) is 0.178. The molecular weight excluding hydrogens is 376 g/mol. The summed E-state index contributed by atoms with van der Waals surface area (Å²) < 4.78 is 5.68. The maximum atomic E-state index is 13.0. The van der Waals surface area contributed by atoms with Crippen LogP contribution < -0.4 is 10.1 Å². The van der Waals surface area contributed by atoms with Crippen molar-refractivity contribution in [2.45, 2.75) is 39.8 Å². The number of carbonyl (C=O) groups is 2. The summed E-state index contributed by atoms with van der Waals surface area (Å²) >= 11 is 6.28. The lowest BCUT2D eigenvalue weighted by molar-refractivity contribution is -0.142. The molecule has 0 spiro atoms. The molecule has 28 heavy (non-hydrogen) atoms. The van der Waals surface area contributed by atoms with Crippen LogP contribution in [-0.4, -0.2) is 35.9 Å². The second kappa shape index (κ2) is 10.7. The van der Waals surface area contributed by atoms with Gasteiger partial charge in [-0.15, -0.1) is 0 Å². The predicted molar refractivity (Wildman–Crippen MR) is 111 cm³/mol. The average molecular weight is 403 g/mol. The van der Waals surface area contributed by atoms with Crippen LogP contribution in [0.1, 0.15) is 31.4 Å². The van der Waals surface area contributed by atoms with Crippen molar-refractivity contribution < 1.29 is 14.3 Å². The van der Waals surface area contributed by atoms with Crippen LogP contribution in [0.15, 0.2) is 48.5 Å². The van der Waals surface area contributed by atoms with Gasteiger partial charge in [0.15, 0.2) is 6.61 Å². The van der Waals surface area contributed by atoms with Crippen LogP contribution in [0.2, 0.25) is 5.02 Å². The van der Waals surface area contributed by atoms with Crippen molar-refractivity contribution in [3.63, 3.8) is 0 Å². The van der Waals surface area contributed by atoms with E-state index in [9.17, 15) is 9.59 Å². The van der Waals surface area contributed by atoms with Gasteiger partial charge >= 0.3 is 0 Å². The zero-order chi connectivity index (χ0) is 20.5. The maximum absolute atomic E-state index is 13.0. The third kappa shape index (κ3) is 5.99. The number of rotatable bonds is 9. The number of likely N-dealkylation sites (N-methyl/N-ethyl adjacent to an activating group) is 1. The molecule has 2 aromatic carbocycles. The molecule has 0 heterocycles. The summed E-state index contributed by atoms with van der Waals surface area (Å²) in [5.41, 5.74) is 1.84. The molecule has 0 unspecified atom stereocenters. The zero-order valence-corrected chi connectivity index (χ0v) is 17.3. The van der Waals surface area contributed by atoms with Gasteiger partial charge in [-0.2, -0.15) is 0 Å². The molecule has 0 aliphatic heterocycles. The van der Waals surface area contributed by atoms with Crippen LogP contribution in [-0.2, 0) is 16.1 Å². The van der Waals surface area contributed by atoms with E-state index < -0.39 is 6.04 Å². The van der Waals surface area contributed by atoms with Gasteiger partial charge < -0.3 is 15.0 Å². The highest BCUT2D eigenvalue weighted by Crippen LogP contribution is 2.20. The number of aryl methyl sites for hydroxylation is 1. The van der Waals surface area contributed by atoms with Gasteiger partial charge in [-0.1, -0.05) is 48.9 Å². The number of nitrogens with one attached hydrogen (secondary N) is 1. The maximum Gasteiger partial charge on any atom is 0.261 e. The van der Waals surface area contributed by atoms with E-state index in [2.05, 4.69) is 5.32 Å². The molecule has 0 saturated carbocycles. The van der Waals surface area contributed by atoms with Gasteiger partial charge in [0.1, 0.15) is 11.8 Å². The Bertz CT molecular complexity index is 810. The van der Waals surface area contributed by atoms with E-state index in [1.807, 2.05) is 57.2 Å². The Morgan fingerprint density at radius 3 is 2.54 bits per heavy atom. The van der Waals surface area contributed by atoms with Crippen LogP contribution >= 0.6 is 11.6 Å². The fourth-order valence-corrected chi connectivity index (χ4v) is 3.15. The third-order valence-electron chi connectivity index (χ3n) is 4.39. The van der Waals surface area contributed by atoms with Crippen molar-refractivity contribution in [3.8, 4) is 5.75 Å². The van der Waals surface area contributed by atoms with Crippen LogP contribution in [0.5, 0.6) is 5.75 Å². The number of nitrogens with zero attached hydrogens (tertiary/aromatic N) is 1. The standard InChI is InChI=1S/C22H27ClN2O3/c1-4-20(22(27)24-5-2)25(14-17-10-6-7-12-19(17)23)21(26)15-28-18-11-8-9-16(3)13-18/h6-13,20H,4-5,14-15H2,1-3H3,(H,24,27)/t20-/m1/s1. The number of halogens is 1. The Balaban J connectivity index is 2.21. The molecule has 0 radical (unpaired) electrons. The number of hydrogen-bond donors (Lipinski definition) is 1. The van der Waals surface area contributed by atoms with Gasteiger partial charge in [0.2, 0.25) is 5.91 Å². The van der Waals surface area contributed by atoms with Crippen LogP contribution in [0.25, 0.3) is 0 Å². The predicted octanol–water partition coefficient (Wildman–Crippen LogP) is 3.97. The van der Waals surface area contributed by atoms with E-state index in [0.29, 0.717) is 23.7 Å². The van der Waals surface area contributed by atoms with Crippen molar-refractivity contribution in [1.29, 1.82) is 0 Å². The van der Waals surface area contributed by atoms with Gasteiger partial charge in [0.25, 0.3) is 5.91 Å². The smallest absolute Gasteiger partial charge is 0.261 e. The quantitative estimate of drug-likeness (QED) is 0.690. The number of amides is 2. The van der Waals surface area contributed by atoms with Crippen molar-refractivity contribution >= 4 is 23.4 Å². The van der Waals surface area contributed by atoms with E-state index in [1.165, 1.54) is 0 Å². The van der Waals surface area contributed by atoms with Crippen LogP contribution in [0, 0.1) is 6.92 Å². The average Bonchev–Trinajstić information content (AvgIpc) is 2.67. The minimum absolute atomic E-state index is 0.149. The molecular formula is C22H27ClN2O3. The first-order chi connectivity index (χ1) is 13.5. The van der Waals surface area contributed by atoms with Crippen molar-refractivity contribution in [1.82, 2.24) is 10.2 Å². The minimum Gasteiger partial charge on any atom is -0.484 e. The summed E-state index contributed by atoms with van der Waals surface area (Å²) in [6, 6.07) is 14.2. The molecule has 1 N–H and O–H groups in total. The molecule has 5 nitrogen and oxygen atoms in total. The highest BCUT2D eigenvalue weighted by Gasteiger charge is 2.29. The number of hydrogen-bond acceptors (Lipinski definition) is 3. The van der Waals surface area contributed by atoms with Gasteiger partial charge in [0, 0.05) is 18.1 Å². The highest BCUT2D eigenvalue weighted by atomic mass is 35.5. The van der Waals surface area contributed by atoms with Crippen LogP contribution in [0.4, 0.5) is 0 Å². The summed E-state index contributed by atoms with van der Waals surface area (Å²) in [6.45, 7) is 6.29. The van der Waals surface area contributed by atoms with Gasteiger partial charge in [-0.05, 0) is 49.6 Å². The summed E-state index contributed by atoms with van der Waals surface area (Å²) in [7, 11) is 0. The molecule has 2 rings (SSSR count). The lowest BCUT2D eigenvalue weighted by atomic mass is 10.1. The molecule has 0 aliphatic carbocycles. The lowest BCUT2D eigenvalue weighted by Gasteiger charge is -2.30. The summed E-state index contributed by atoms with van der Waals surface area (Å²) in [4.78, 5) is 27.1. The van der Waals surface area contributed by atoms with Crippen molar-refractivity contribution in [2.75, 3.05) is 13.2 Å². The number of ether oxygens (including phenoxy) is 1. The molecule has 2 amide bonds. The second-order valence-electron chi connectivity index (χ2n) is 6.54. The Hall–Kier alpha value is -2.53. The number of benzene rings is 2. The molecule has 0 fully saturated rings. The fourth-order valence-electron chi connectivity index (χ4n) is 2.95. The molecule has 6 heteroatoms. The Morgan fingerprint density at radius 2 is 1.89 bits per heavy atom. The minimum atomic E-state index is -0.593. The molecule has 2 aromatic rings. The molecule has 150 valence electrons. The fraction of sp³-hybridized carbons (Fsp3) is 0.364. The third-order valence-corrected chi connectivity index (χ3v) is 4.76. The topological polar surface area (TPSA) is 58.6 Å². The van der Waals surface area contributed by atoms with Crippen molar-refractivity contribution in [2.24, 2.45) is 0 Å². The van der Waals surface area contributed by atoms with E-state index >= 15 is 0 Å². The molecule has 1 atom stereocenters. The SMILES string of the molecule is CCNC(=O)[C@@H](CC)N(Cc1ccccc1Cl)C(=O)COc1cccc(C)c1. The molecule has 0 aliphatic rings. The van der Waals surface area contributed by atoms with Gasteiger partial charge in [-0.25, -0.2) is 0 Å². The first-order valence-corrected chi connectivity index (χ1v) is 9.84. The summed E-state index contributed by atoms with van der Waals surface area (Å²) in [5, 5.41) is 3.37. The molecule has 0 aromatic heterocycles. The Kier molecular flexibility index (Phi) is 8.33. The lowest BCUT2D eigenvalue weighted by Crippen LogP contribution is -2.50. The van der Waals surface area contributed by atoms with Gasteiger partial charge in [-0.3, -0.25) is 9.59 Å². The number of carbonyl (C=O) groups excluding carboxylic acids is 2. The van der Waals surface area contributed by atoms with E-state index in [-0.39, 0.29) is 25.0 Å². The monoisotopic (exact) mass is 402 g/mol. The van der Waals surface area contributed by atoms with E-state index in [4.69, 9.17) is 16.3 Å². The largest absolute Gasteiger partial charge is 0.484 e. The van der Waals surface area contributed by atoms with Gasteiger partial charge in [0.05, 0.1) is 0 Å². The molecule has 0 bridgehead atoms. The normalized spacial score (nSPS) is 11.6. The first-order valence-electron chi connectivity index (χ1n) is 9.46. The zero-order valence-electron chi connectivity index (χ0n) is 16.6. The summed E-state index contributed by atoms with van der Waals surface area (Å²) in [6.07, 6.45) is 0.493. The first kappa shape index (κ1) is 21.8. The second-order valence-corrected chi connectivity index (χ2v) is 6.94. The van der Waals surface area contributed by atoms with Crippen molar-refractivity contribution in [3.05, 3.63) is 64.7 Å². The Morgan fingerprint density at radius 1 is 1.14 bits per heavy atom. The van der Waals surface area contributed by atoms with E-state index in [0.717, 1.165) is 11.1 Å². The Labute approximate surface area is 171 Å². The van der Waals surface area contributed by atoms with E-state index in [1.54, 1.807) is 17.0 Å².